The van der Waals surface area contributed by atoms with Crippen LogP contribution in [0.15, 0.2) is 12.2 Å². The lowest BCUT2D eigenvalue weighted by Gasteiger charge is -2.18. The second kappa shape index (κ2) is 5.45. The number of aliphatic hydroxyl groups excluding tert-OH is 1. The quantitative estimate of drug-likeness (QED) is 0.577. The predicted molar refractivity (Wildman–Crippen MR) is 44.0 cm³/mol. The zero-order valence-electron chi connectivity index (χ0n) is 6.93. The molecule has 0 rings (SSSR count). The lowest BCUT2D eigenvalue weighted by atomic mass is 10.3. The summed E-state index contributed by atoms with van der Waals surface area (Å²) in [5.41, 5.74) is 1.15. The minimum atomic E-state index is 0.237. The van der Waals surface area contributed by atoms with Crippen LogP contribution in [0.2, 0.25) is 0 Å². The van der Waals surface area contributed by atoms with Gasteiger partial charge in [-0.25, -0.2) is 0 Å². The number of hydrogen-bond acceptors (Lipinski definition) is 2. The largest absolute Gasteiger partial charge is 0.395 e. The smallest absolute Gasteiger partial charge is 0.0558 e. The number of likely N-dealkylation sites (N-methyl/N-ethyl adjacent to an activating group) is 1. The molecule has 0 aromatic carbocycles. The Labute approximate surface area is 63.2 Å². The topological polar surface area (TPSA) is 23.5 Å². The summed E-state index contributed by atoms with van der Waals surface area (Å²) in [5, 5.41) is 8.61. The van der Waals surface area contributed by atoms with Gasteiger partial charge in [0, 0.05) is 13.1 Å². The number of rotatable bonds is 5. The molecule has 0 aliphatic carbocycles. The highest BCUT2D eigenvalue weighted by molar-refractivity contribution is 4.91. The van der Waals surface area contributed by atoms with E-state index < -0.39 is 0 Å². The van der Waals surface area contributed by atoms with Gasteiger partial charge < -0.3 is 5.11 Å². The van der Waals surface area contributed by atoms with E-state index in [0.29, 0.717) is 0 Å². The number of nitrogens with zero attached hydrogens (tertiary/aromatic N) is 1. The third-order valence-corrected chi connectivity index (χ3v) is 1.36. The van der Waals surface area contributed by atoms with E-state index in [1.54, 1.807) is 0 Å². The van der Waals surface area contributed by atoms with Crippen molar-refractivity contribution in [2.45, 2.75) is 13.8 Å². The molecule has 0 heterocycles. The average molecular weight is 143 g/mol. The minimum absolute atomic E-state index is 0.237. The highest BCUT2D eigenvalue weighted by Gasteiger charge is 1.99. The Morgan fingerprint density at radius 1 is 1.60 bits per heavy atom. The second-order valence-electron chi connectivity index (χ2n) is 2.55. The van der Waals surface area contributed by atoms with E-state index in [9.17, 15) is 0 Å². The van der Waals surface area contributed by atoms with Crippen LogP contribution in [0, 0.1) is 0 Å². The first-order chi connectivity index (χ1) is 4.70. The van der Waals surface area contributed by atoms with Crippen molar-refractivity contribution in [3.05, 3.63) is 12.2 Å². The Morgan fingerprint density at radius 2 is 2.20 bits per heavy atom. The molecule has 0 aromatic heterocycles. The molecule has 0 amide bonds. The zero-order chi connectivity index (χ0) is 7.98. The van der Waals surface area contributed by atoms with Crippen LogP contribution >= 0.6 is 0 Å². The molecule has 0 radical (unpaired) electrons. The lowest BCUT2D eigenvalue weighted by molar-refractivity contribution is 0.212. The standard InChI is InChI=1S/C8H17NO/c1-4-9(5-6-10)7-8(2)3/h10H,2,4-7H2,1,3H3. The highest BCUT2D eigenvalue weighted by atomic mass is 16.3. The normalized spacial score (nSPS) is 10.4. The molecule has 0 aliphatic rings. The van der Waals surface area contributed by atoms with Crippen molar-refractivity contribution in [2.24, 2.45) is 0 Å². The maximum Gasteiger partial charge on any atom is 0.0558 e. The third-order valence-electron chi connectivity index (χ3n) is 1.36. The third kappa shape index (κ3) is 4.53. The minimum Gasteiger partial charge on any atom is -0.395 e. The van der Waals surface area contributed by atoms with Gasteiger partial charge in [0.1, 0.15) is 0 Å². The van der Waals surface area contributed by atoms with Gasteiger partial charge >= 0.3 is 0 Å². The van der Waals surface area contributed by atoms with Crippen LogP contribution in [0.25, 0.3) is 0 Å². The molecule has 0 fully saturated rings. The van der Waals surface area contributed by atoms with E-state index in [4.69, 9.17) is 5.11 Å². The van der Waals surface area contributed by atoms with Gasteiger partial charge in [-0.15, -0.1) is 0 Å². The highest BCUT2D eigenvalue weighted by Crippen LogP contribution is 1.93. The van der Waals surface area contributed by atoms with Crippen LogP contribution < -0.4 is 0 Å². The van der Waals surface area contributed by atoms with Crippen molar-refractivity contribution in [1.82, 2.24) is 4.90 Å². The SMILES string of the molecule is C=C(C)CN(CC)CCO. The Bertz CT molecular complexity index is 101. The zero-order valence-corrected chi connectivity index (χ0v) is 6.93. The molecule has 0 saturated carbocycles. The summed E-state index contributed by atoms with van der Waals surface area (Å²) in [6.07, 6.45) is 0. The molecule has 10 heavy (non-hydrogen) atoms. The van der Waals surface area contributed by atoms with Crippen molar-refractivity contribution >= 4 is 0 Å². The van der Waals surface area contributed by atoms with Gasteiger partial charge in [-0.05, 0) is 13.5 Å². The average Bonchev–Trinajstić information content (AvgIpc) is 1.86. The van der Waals surface area contributed by atoms with E-state index in [2.05, 4.69) is 18.4 Å². The molecule has 2 nitrogen and oxygen atoms in total. The van der Waals surface area contributed by atoms with Crippen molar-refractivity contribution < 1.29 is 5.11 Å². The fourth-order valence-electron chi connectivity index (χ4n) is 0.872. The molecule has 60 valence electrons. The van der Waals surface area contributed by atoms with E-state index in [0.717, 1.165) is 25.2 Å². The summed E-state index contributed by atoms with van der Waals surface area (Å²) in [4.78, 5) is 2.16. The van der Waals surface area contributed by atoms with Crippen molar-refractivity contribution in [3.63, 3.8) is 0 Å². The first-order valence-corrected chi connectivity index (χ1v) is 3.68. The summed E-state index contributed by atoms with van der Waals surface area (Å²) in [7, 11) is 0. The maximum atomic E-state index is 8.61. The van der Waals surface area contributed by atoms with Gasteiger partial charge in [0.15, 0.2) is 0 Å². The molecule has 0 aliphatic heterocycles. The monoisotopic (exact) mass is 143 g/mol. The van der Waals surface area contributed by atoms with E-state index >= 15 is 0 Å². The molecule has 0 unspecified atom stereocenters. The second-order valence-corrected chi connectivity index (χ2v) is 2.55. The van der Waals surface area contributed by atoms with Crippen LogP contribution in [0.4, 0.5) is 0 Å². The van der Waals surface area contributed by atoms with Gasteiger partial charge in [-0.2, -0.15) is 0 Å². The first kappa shape index (κ1) is 9.66. The predicted octanol–water partition coefficient (Wildman–Crippen LogP) is 0.877. The summed E-state index contributed by atoms with van der Waals surface area (Å²) in [6.45, 7) is 10.8. The Morgan fingerprint density at radius 3 is 2.50 bits per heavy atom. The molecular weight excluding hydrogens is 126 g/mol. The number of aliphatic hydroxyl groups is 1. The molecule has 0 atom stereocenters. The summed E-state index contributed by atoms with van der Waals surface area (Å²) in [5.74, 6) is 0. The van der Waals surface area contributed by atoms with Crippen LogP contribution in [-0.2, 0) is 0 Å². The summed E-state index contributed by atoms with van der Waals surface area (Å²) in [6, 6.07) is 0. The van der Waals surface area contributed by atoms with Crippen LogP contribution in [-0.4, -0.2) is 36.2 Å². The Hall–Kier alpha value is -0.340. The lowest BCUT2D eigenvalue weighted by Crippen LogP contribution is -2.27. The fourth-order valence-corrected chi connectivity index (χ4v) is 0.872. The molecule has 0 saturated heterocycles. The van der Waals surface area contributed by atoms with Gasteiger partial charge in [0.05, 0.1) is 6.61 Å². The van der Waals surface area contributed by atoms with Crippen molar-refractivity contribution in [1.29, 1.82) is 0 Å². The number of hydrogen-bond donors (Lipinski definition) is 1. The molecule has 2 heteroatoms. The van der Waals surface area contributed by atoms with Gasteiger partial charge in [-0.3, -0.25) is 4.90 Å². The molecule has 1 N–H and O–H groups in total. The van der Waals surface area contributed by atoms with Gasteiger partial charge in [0.25, 0.3) is 0 Å². The van der Waals surface area contributed by atoms with Crippen LogP contribution in [0.5, 0.6) is 0 Å². The molecule has 0 spiro atoms. The first-order valence-electron chi connectivity index (χ1n) is 3.68. The molecule has 0 bridgehead atoms. The van der Waals surface area contributed by atoms with Gasteiger partial charge in [-0.1, -0.05) is 19.1 Å². The Balaban J connectivity index is 3.49. The molecular formula is C8H17NO. The van der Waals surface area contributed by atoms with Gasteiger partial charge in [0.2, 0.25) is 0 Å². The van der Waals surface area contributed by atoms with Crippen LogP contribution in [0.1, 0.15) is 13.8 Å². The van der Waals surface area contributed by atoms with E-state index in [-0.39, 0.29) is 6.61 Å². The maximum absolute atomic E-state index is 8.61. The Kier molecular flexibility index (Phi) is 5.26. The van der Waals surface area contributed by atoms with Crippen molar-refractivity contribution in [2.75, 3.05) is 26.2 Å². The van der Waals surface area contributed by atoms with Crippen LogP contribution in [0.3, 0.4) is 0 Å². The fraction of sp³-hybridized carbons (Fsp3) is 0.750. The molecule has 0 aromatic rings. The van der Waals surface area contributed by atoms with E-state index in [1.165, 1.54) is 0 Å². The van der Waals surface area contributed by atoms with Crippen molar-refractivity contribution in [3.8, 4) is 0 Å². The van der Waals surface area contributed by atoms with E-state index in [1.807, 2.05) is 6.92 Å². The summed E-state index contributed by atoms with van der Waals surface area (Å²) < 4.78 is 0. The summed E-state index contributed by atoms with van der Waals surface area (Å²) >= 11 is 0.